The summed E-state index contributed by atoms with van der Waals surface area (Å²) in [5.41, 5.74) is 0. The molecule has 3 heteroatoms. The Bertz CT molecular complexity index is 125. The van der Waals surface area contributed by atoms with Gasteiger partial charge in [0.1, 0.15) is 0 Å². The van der Waals surface area contributed by atoms with E-state index in [-0.39, 0.29) is 6.04 Å². The van der Waals surface area contributed by atoms with E-state index in [0.29, 0.717) is 0 Å². The molecule has 1 heterocycles. The minimum absolute atomic E-state index is 0.286. The second kappa shape index (κ2) is 3.56. The second-order valence-electron chi connectivity index (χ2n) is 2.95. The quantitative estimate of drug-likeness (QED) is 0.323. The highest BCUT2D eigenvalue weighted by atomic mass is 16.4. The molecule has 10 heavy (non-hydrogen) atoms. The lowest BCUT2D eigenvalue weighted by Gasteiger charge is -2.24. The van der Waals surface area contributed by atoms with Gasteiger partial charge in [0.2, 0.25) is 0 Å². The van der Waals surface area contributed by atoms with Crippen molar-refractivity contribution in [3.8, 4) is 0 Å². The van der Waals surface area contributed by atoms with E-state index in [0.717, 1.165) is 18.9 Å². The lowest BCUT2D eigenvalue weighted by Crippen LogP contribution is -2.38. The summed E-state index contributed by atoms with van der Waals surface area (Å²) in [6, 6.07) is 0.286. The molecule has 0 aliphatic carbocycles. The second-order valence-corrected chi connectivity index (χ2v) is 2.95. The molecule has 1 aliphatic rings. The van der Waals surface area contributed by atoms with E-state index in [1.165, 1.54) is 6.42 Å². The van der Waals surface area contributed by atoms with Gasteiger partial charge in [0.15, 0.2) is 0 Å². The molecule has 0 saturated carbocycles. The molecule has 0 radical (unpaired) electrons. The first-order chi connectivity index (χ1) is 4.83. The SMILES string of the molecule is C[C@@H]1CCN[C@@H](C=NO)C1. The maximum atomic E-state index is 8.23. The summed E-state index contributed by atoms with van der Waals surface area (Å²) >= 11 is 0. The topological polar surface area (TPSA) is 44.6 Å². The summed E-state index contributed by atoms with van der Waals surface area (Å²) in [7, 11) is 0. The van der Waals surface area contributed by atoms with Crippen LogP contribution in [0, 0.1) is 5.92 Å². The molecule has 0 aromatic rings. The Balaban J connectivity index is 2.32. The Labute approximate surface area is 61.1 Å². The van der Waals surface area contributed by atoms with Crippen LogP contribution in [0.2, 0.25) is 0 Å². The van der Waals surface area contributed by atoms with Crippen molar-refractivity contribution in [2.24, 2.45) is 11.1 Å². The number of hydrogen-bond donors (Lipinski definition) is 2. The van der Waals surface area contributed by atoms with Crippen molar-refractivity contribution in [1.29, 1.82) is 0 Å². The first-order valence-electron chi connectivity index (χ1n) is 3.74. The molecular formula is C7H14N2O. The highest BCUT2D eigenvalue weighted by Crippen LogP contribution is 2.13. The van der Waals surface area contributed by atoms with Crippen molar-refractivity contribution in [3.63, 3.8) is 0 Å². The average Bonchev–Trinajstić information content (AvgIpc) is 1.88. The van der Waals surface area contributed by atoms with Crippen LogP contribution in [-0.2, 0) is 0 Å². The van der Waals surface area contributed by atoms with Gasteiger partial charge in [-0.05, 0) is 25.3 Å². The molecule has 0 aromatic carbocycles. The molecule has 58 valence electrons. The van der Waals surface area contributed by atoms with Gasteiger partial charge in [0, 0.05) is 6.04 Å². The Morgan fingerprint density at radius 3 is 3.10 bits per heavy atom. The normalized spacial score (nSPS) is 34.9. The van der Waals surface area contributed by atoms with Crippen LogP contribution in [-0.4, -0.2) is 24.0 Å². The van der Waals surface area contributed by atoms with E-state index < -0.39 is 0 Å². The van der Waals surface area contributed by atoms with Gasteiger partial charge in [-0.1, -0.05) is 6.92 Å². The number of piperidine rings is 1. The first kappa shape index (κ1) is 7.54. The van der Waals surface area contributed by atoms with Crippen LogP contribution in [0.15, 0.2) is 5.16 Å². The van der Waals surface area contributed by atoms with Crippen LogP contribution in [0.1, 0.15) is 19.8 Å². The number of hydrogen-bond acceptors (Lipinski definition) is 3. The van der Waals surface area contributed by atoms with Gasteiger partial charge >= 0.3 is 0 Å². The molecule has 0 spiro atoms. The highest BCUT2D eigenvalue weighted by Gasteiger charge is 2.15. The summed E-state index contributed by atoms with van der Waals surface area (Å²) in [6.07, 6.45) is 3.88. The zero-order chi connectivity index (χ0) is 7.40. The van der Waals surface area contributed by atoms with E-state index in [2.05, 4.69) is 17.4 Å². The fourth-order valence-corrected chi connectivity index (χ4v) is 1.34. The number of rotatable bonds is 1. The van der Waals surface area contributed by atoms with Gasteiger partial charge in [0.25, 0.3) is 0 Å². The smallest absolute Gasteiger partial charge is 0.0605 e. The van der Waals surface area contributed by atoms with Crippen molar-refractivity contribution < 1.29 is 5.21 Å². The molecule has 0 bridgehead atoms. The van der Waals surface area contributed by atoms with Crippen LogP contribution in [0.5, 0.6) is 0 Å². The molecule has 1 fully saturated rings. The lowest BCUT2D eigenvalue weighted by atomic mass is 9.95. The van der Waals surface area contributed by atoms with Crippen molar-refractivity contribution in [2.75, 3.05) is 6.54 Å². The van der Waals surface area contributed by atoms with Gasteiger partial charge in [-0.25, -0.2) is 0 Å². The summed E-state index contributed by atoms with van der Waals surface area (Å²) in [4.78, 5) is 0. The molecule has 3 nitrogen and oxygen atoms in total. The summed E-state index contributed by atoms with van der Waals surface area (Å²) < 4.78 is 0. The van der Waals surface area contributed by atoms with E-state index in [1.807, 2.05) is 0 Å². The zero-order valence-electron chi connectivity index (χ0n) is 6.25. The van der Waals surface area contributed by atoms with Gasteiger partial charge in [-0.2, -0.15) is 0 Å². The third-order valence-electron chi connectivity index (χ3n) is 1.95. The predicted octanol–water partition coefficient (Wildman–Crippen LogP) is 0.834. The lowest BCUT2D eigenvalue weighted by molar-refractivity contribution is 0.311. The Hall–Kier alpha value is -0.570. The molecule has 1 rings (SSSR count). The van der Waals surface area contributed by atoms with Gasteiger partial charge in [0.05, 0.1) is 6.21 Å². The monoisotopic (exact) mass is 142 g/mol. The summed E-state index contributed by atoms with van der Waals surface area (Å²) in [5, 5.41) is 14.5. The van der Waals surface area contributed by atoms with E-state index in [1.54, 1.807) is 6.21 Å². The van der Waals surface area contributed by atoms with E-state index >= 15 is 0 Å². The molecule has 2 atom stereocenters. The van der Waals surface area contributed by atoms with Crippen LogP contribution < -0.4 is 5.32 Å². The first-order valence-corrected chi connectivity index (χ1v) is 3.74. The van der Waals surface area contributed by atoms with E-state index in [4.69, 9.17) is 5.21 Å². The zero-order valence-corrected chi connectivity index (χ0v) is 6.25. The minimum atomic E-state index is 0.286. The van der Waals surface area contributed by atoms with Gasteiger partial charge in [-0.3, -0.25) is 0 Å². The predicted molar refractivity (Wildman–Crippen MR) is 40.5 cm³/mol. The molecule has 1 aliphatic heterocycles. The molecule has 2 N–H and O–H groups in total. The van der Waals surface area contributed by atoms with Gasteiger partial charge in [-0.15, -0.1) is 5.16 Å². The van der Waals surface area contributed by atoms with Crippen LogP contribution in [0.4, 0.5) is 0 Å². The van der Waals surface area contributed by atoms with Crippen LogP contribution in [0.3, 0.4) is 0 Å². The maximum Gasteiger partial charge on any atom is 0.0605 e. The number of nitrogens with one attached hydrogen (secondary N) is 1. The Kier molecular flexibility index (Phi) is 2.68. The van der Waals surface area contributed by atoms with Crippen molar-refractivity contribution in [2.45, 2.75) is 25.8 Å². The largest absolute Gasteiger partial charge is 0.411 e. The molecule has 0 amide bonds. The average molecular weight is 142 g/mol. The van der Waals surface area contributed by atoms with Crippen molar-refractivity contribution in [1.82, 2.24) is 5.32 Å². The van der Waals surface area contributed by atoms with Crippen LogP contribution >= 0.6 is 0 Å². The fraction of sp³-hybridized carbons (Fsp3) is 0.857. The molecular weight excluding hydrogens is 128 g/mol. The number of nitrogens with zero attached hydrogens (tertiary/aromatic N) is 1. The standard InChI is InChI=1S/C7H14N2O/c1-6-2-3-8-7(4-6)5-9-10/h5-8,10H,2-4H2,1H3/t6-,7-/m1/s1. The van der Waals surface area contributed by atoms with Gasteiger partial charge < -0.3 is 10.5 Å². The molecule has 0 aromatic heterocycles. The third-order valence-corrected chi connectivity index (χ3v) is 1.95. The minimum Gasteiger partial charge on any atom is -0.411 e. The summed E-state index contributed by atoms with van der Waals surface area (Å²) in [6.45, 7) is 3.26. The third kappa shape index (κ3) is 1.99. The van der Waals surface area contributed by atoms with Crippen molar-refractivity contribution in [3.05, 3.63) is 0 Å². The summed E-state index contributed by atoms with van der Waals surface area (Å²) in [5.74, 6) is 0.754. The highest BCUT2D eigenvalue weighted by molar-refractivity contribution is 5.63. The van der Waals surface area contributed by atoms with Crippen molar-refractivity contribution >= 4 is 6.21 Å². The van der Waals surface area contributed by atoms with E-state index in [9.17, 15) is 0 Å². The Morgan fingerprint density at radius 1 is 1.70 bits per heavy atom. The molecule has 1 saturated heterocycles. The Morgan fingerprint density at radius 2 is 2.50 bits per heavy atom. The number of oxime groups is 1. The maximum absolute atomic E-state index is 8.23. The van der Waals surface area contributed by atoms with Crippen LogP contribution in [0.25, 0.3) is 0 Å². The molecule has 0 unspecified atom stereocenters. The fourth-order valence-electron chi connectivity index (χ4n) is 1.34.